The summed E-state index contributed by atoms with van der Waals surface area (Å²) >= 11 is 8.12. The number of carbonyl (C=O) groups is 1. The van der Waals surface area contributed by atoms with Gasteiger partial charge in [0.15, 0.2) is 0 Å². The van der Waals surface area contributed by atoms with E-state index in [9.17, 15) is 4.79 Å². The predicted molar refractivity (Wildman–Crippen MR) is 125 cm³/mol. The molecule has 1 aliphatic rings. The lowest BCUT2D eigenvalue weighted by molar-refractivity contribution is 0.102. The number of benzene rings is 2. The molecule has 0 fully saturated rings. The zero-order valence-electron chi connectivity index (χ0n) is 17.4. The molecule has 0 saturated heterocycles. The first-order valence-corrected chi connectivity index (χ1v) is 11.5. The van der Waals surface area contributed by atoms with E-state index in [1.54, 1.807) is 36.5 Å². The van der Waals surface area contributed by atoms with Gasteiger partial charge >= 0.3 is 0 Å². The average molecular weight is 467 g/mol. The Kier molecular flexibility index (Phi) is 5.40. The molecule has 4 aromatic rings. The number of rotatable bonds is 5. The van der Waals surface area contributed by atoms with Gasteiger partial charge in [-0.05, 0) is 37.3 Å². The second-order valence-electron chi connectivity index (χ2n) is 7.27. The van der Waals surface area contributed by atoms with E-state index in [1.165, 1.54) is 0 Å². The van der Waals surface area contributed by atoms with Crippen molar-refractivity contribution >= 4 is 35.1 Å². The number of hydrogen-bond acceptors (Lipinski definition) is 6. The van der Waals surface area contributed by atoms with Crippen molar-refractivity contribution in [1.29, 1.82) is 0 Å². The van der Waals surface area contributed by atoms with Gasteiger partial charge in [0.25, 0.3) is 5.91 Å². The van der Waals surface area contributed by atoms with Crippen LogP contribution in [-0.4, -0.2) is 28.0 Å². The zero-order valence-corrected chi connectivity index (χ0v) is 19.0. The van der Waals surface area contributed by atoms with Crippen LogP contribution in [0.4, 0.5) is 5.82 Å². The van der Waals surface area contributed by atoms with Gasteiger partial charge in [-0.15, -0.1) is 0 Å². The van der Waals surface area contributed by atoms with Crippen LogP contribution < -0.4 is 10.1 Å². The Morgan fingerprint density at radius 3 is 2.72 bits per heavy atom. The van der Waals surface area contributed by atoms with Crippen molar-refractivity contribution in [1.82, 2.24) is 14.9 Å². The third-order valence-corrected chi connectivity index (χ3v) is 6.62. The maximum Gasteiger partial charge on any atom is 0.262 e. The van der Waals surface area contributed by atoms with Crippen molar-refractivity contribution in [2.45, 2.75) is 18.4 Å². The zero-order chi connectivity index (χ0) is 22.2. The van der Waals surface area contributed by atoms with Crippen molar-refractivity contribution in [2.24, 2.45) is 0 Å². The predicted octanol–water partition coefficient (Wildman–Crippen LogP) is 5.50. The molecule has 32 heavy (non-hydrogen) atoms. The molecule has 0 saturated carbocycles. The summed E-state index contributed by atoms with van der Waals surface area (Å²) in [7, 11) is 1.62. The monoisotopic (exact) mass is 466 g/mol. The van der Waals surface area contributed by atoms with Crippen molar-refractivity contribution < 1.29 is 14.1 Å². The summed E-state index contributed by atoms with van der Waals surface area (Å²) in [6, 6.07) is 14.8. The highest BCUT2D eigenvalue weighted by molar-refractivity contribution is 7.98. The number of ether oxygens (including phenoxy) is 1. The molecule has 2 aromatic carbocycles. The molecule has 7 nitrogen and oxygen atoms in total. The summed E-state index contributed by atoms with van der Waals surface area (Å²) in [6.45, 7) is 1.71. The summed E-state index contributed by atoms with van der Waals surface area (Å²) in [4.78, 5) is 13.5. The number of nitrogens with one attached hydrogen (secondary N) is 1. The van der Waals surface area contributed by atoms with Gasteiger partial charge in [0, 0.05) is 22.6 Å². The Bertz CT molecular complexity index is 1310. The molecular formula is C23H19ClN4O3S. The second kappa shape index (κ2) is 8.37. The third-order valence-electron chi connectivity index (χ3n) is 5.32. The van der Waals surface area contributed by atoms with Gasteiger partial charge in [0.1, 0.15) is 28.6 Å². The molecule has 0 unspecified atom stereocenters. The largest absolute Gasteiger partial charge is 0.497 e. The standard InChI is InChI=1S/C23H19ClN4O3S/c1-13-20(21(27-31-13)16-5-3-4-6-18(16)24)23(29)25-22-17-11-32-12-19(17)26-28(22)14-7-9-15(30-2)10-8-14/h3-10H,11-12H2,1-2H3,(H,25,29). The van der Waals surface area contributed by atoms with Crippen molar-refractivity contribution in [3.8, 4) is 22.7 Å². The molecule has 1 N–H and O–H groups in total. The minimum absolute atomic E-state index is 0.326. The molecule has 5 rings (SSSR count). The van der Waals surface area contributed by atoms with Gasteiger partial charge < -0.3 is 14.6 Å². The van der Waals surface area contributed by atoms with E-state index in [1.807, 2.05) is 42.5 Å². The first kappa shape index (κ1) is 20.7. The molecule has 2 aromatic heterocycles. The Morgan fingerprint density at radius 2 is 1.97 bits per heavy atom. The Morgan fingerprint density at radius 1 is 1.19 bits per heavy atom. The number of anilines is 1. The third kappa shape index (κ3) is 3.55. The number of methoxy groups -OCH3 is 1. The molecule has 0 aliphatic carbocycles. The topological polar surface area (TPSA) is 82.2 Å². The van der Waals surface area contributed by atoms with E-state index in [4.69, 9.17) is 26.0 Å². The maximum atomic E-state index is 13.5. The fourth-order valence-electron chi connectivity index (χ4n) is 3.70. The molecule has 9 heteroatoms. The Labute approximate surface area is 193 Å². The average Bonchev–Trinajstić information content (AvgIpc) is 3.50. The van der Waals surface area contributed by atoms with Crippen LogP contribution in [0.25, 0.3) is 16.9 Å². The fourth-order valence-corrected chi connectivity index (χ4v) is 4.96. The summed E-state index contributed by atoms with van der Waals surface area (Å²) in [5.41, 5.74) is 4.21. The van der Waals surface area contributed by atoms with E-state index in [0.29, 0.717) is 33.4 Å². The highest BCUT2D eigenvalue weighted by Gasteiger charge is 2.28. The number of halogens is 1. The lowest BCUT2D eigenvalue weighted by Crippen LogP contribution is -2.17. The second-order valence-corrected chi connectivity index (χ2v) is 8.67. The van der Waals surface area contributed by atoms with Crippen LogP contribution in [0.15, 0.2) is 53.1 Å². The lowest BCUT2D eigenvalue weighted by atomic mass is 10.1. The number of aromatic nitrogens is 3. The van der Waals surface area contributed by atoms with Gasteiger partial charge in [-0.25, -0.2) is 4.68 Å². The summed E-state index contributed by atoms with van der Waals surface area (Å²) < 4.78 is 12.4. The minimum Gasteiger partial charge on any atom is -0.497 e. The molecule has 1 amide bonds. The summed E-state index contributed by atoms with van der Waals surface area (Å²) in [5, 5.41) is 12.4. The number of hydrogen-bond donors (Lipinski definition) is 1. The molecule has 1 aliphatic heterocycles. The van der Waals surface area contributed by atoms with E-state index in [2.05, 4.69) is 10.5 Å². The van der Waals surface area contributed by atoms with Crippen molar-refractivity contribution in [3.05, 3.63) is 76.1 Å². The Hall–Kier alpha value is -3.23. The van der Waals surface area contributed by atoms with Gasteiger partial charge in [-0.3, -0.25) is 4.79 Å². The number of thioether (sulfide) groups is 1. The summed E-state index contributed by atoms with van der Waals surface area (Å²) in [5.74, 6) is 3.07. The van der Waals surface area contributed by atoms with Crippen LogP contribution in [-0.2, 0) is 11.5 Å². The van der Waals surface area contributed by atoms with Crippen LogP contribution in [0, 0.1) is 6.92 Å². The maximum absolute atomic E-state index is 13.5. The quantitative estimate of drug-likeness (QED) is 0.418. The smallest absolute Gasteiger partial charge is 0.262 e. The first-order valence-electron chi connectivity index (χ1n) is 9.92. The van der Waals surface area contributed by atoms with Crippen molar-refractivity contribution in [3.63, 3.8) is 0 Å². The molecule has 0 radical (unpaired) electrons. The highest BCUT2D eigenvalue weighted by atomic mass is 35.5. The lowest BCUT2D eigenvalue weighted by Gasteiger charge is -2.12. The SMILES string of the molecule is COc1ccc(-n2nc3c(c2NC(=O)c2c(-c4ccccc4Cl)noc2C)CSC3)cc1. The van der Waals surface area contributed by atoms with E-state index < -0.39 is 0 Å². The van der Waals surface area contributed by atoms with E-state index in [-0.39, 0.29) is 5.91 Å². The van der Waals surface area contributed by atoms with Crippen LogP contribution in [0.1, 0.15) is 27.4 Å². The molecule has 0 atom stereocenters. The highest BCUT2D eigenvalue weighted by Crippen LogP contribution is 2.37. The number of fused-ring (bicyclic) bond motifs is 1. The van der Waals surface area contributed by atoms with Crippen molar-refractivity contribution in [2.75, 3.05) is 12.4 Å². The first-order chi connectivity index (χ1) is 15.6. The molecule has 162 valence electrons. The molecule has 0 spiro atoms. The fraction of sp³-hybridized carbons (Fsp3) is 0.174. The number of amides is 1. The molecule has 0 bridgehead atoms. The van der Waals surface area contributed by atoms with E-state index >= 15 is 0 Å². The number of aryl methyl sites for hydroxylation is 1. The van der Waals surface area contributed by atoms with Crippen LogP contribution in [0.3, 0.4) is 0 Å². The van der Waals surface area contributed by atoms with E-state index in [0.717, 1.165) is 34.2 Å². The van der Waals surface area contributed by atoms with Crippen LogP contribution in [0.5, 0.6) is 5.75 Å². The normalized spacial score (nSPS) is 12.6. The molecule has 3 heterocycles. The van der Waals surface area contributed by atoms with Crippen LogP contribution >= 0.6 is 23.4 Å². The van der Waals surface area contributed by atoms with Gasteiger partial charge in [0.05, 0.1) is 23.5 Å². The summed E-state index contributed by atoms with van der Waals surface area (Å²) in [6.07, 6.45) is 0. The molecular weight excluding hydrogens is 448 g/mol. The Balaban J connectivity index is 1.55. The van der Waals surface area contributed by atoms with Gasteiger partial charge in [0.2, 0.25) is 0 Å². The number of nitrogens with zero attached hydrogens (tertiary/aromatic N) is 3. The van der Waals surface area contributed by atoms with Gasteiger partial charge in [-0.2, -0.15) is 16.9 Å². The minimum atomic E-state index is -0.326. The van der Waals surface area contributed by atoms with Gasteiger partial charge in [-0.1, -0.05) is 35.0 Å². The number of carbonyl (C=O) groups excluding carboxylic acids is 1. The van der Waals surface area contributed by atoms with Crippen LogP contribution in [0.2, 0.25) is 5.02 Å².